The largest absolute Gasteiger partial charge is 0.387 e. The molecule has 22 heavy (non-hydrogen) atoms. The van der Waals surface area contributed by atoms with Gasteiger partial charge < -0.3 is 15.1 Å². The first-order valence-corrected chi connectivity index (χ1v) is 7.48. The van der Waals surface area contributed by atoms with Crippen molar-refractivity contribution in [3.05, 3.63) is 42.2 Å². The van der Waals surface area contributed by atoms with E-state index in [1.165, 1.54) is 0 Å². The maximum absolute atomic E-state index is 12.7. The van der Waals surface area contributed by atoms with Crippen LogP contribution in [0, 0.1) is 0 Å². The lowest BCUT2D eigenvalue weighted by atomic mass is 10.1. The molecule has 116 valence electrons. The number of hydrogen-bond acceptors (Lipinski definition) is 4. The Balaban J connectivity index is 1.67. The molecule has 2 aromatic rings. The number of carbonyl (C=O) groups excluding carboxylic acids is 1. The fourth-order valence-corrected chi connectivity index (χ4v) is 2.80. The highest BCUT2D eigenvalue weighted by Crippen LogP contribution is 2.19. The zero-order valence-corrected chi connectivity index (χ0v) is 13.0. The molecule has 0 saturated carbocycles. The number of piperazine rings is 1. The lowest BCUT2D eigenvalue weighted by molar-refractivity contribution is 0.0748. The van der Waals surface area contributed by atoms with E-state index < -0.39 is 0 Å². The quantitative estimate of drug-likeness (QED) is 0.931. The third kappa shape index (κ3) is 2.77. The van der Waals surface area contributed by atoms with E-state index in [1.807, 2.05) is 55.7 Å². The Morgan fingerprint density at radius 3 is 2.55 bits per heavy atom. The number of nitrogens with one attached hydrogen (secondary N) is 1. The summed E-state index contributed by atoms with van der Waals surface area (Å²) in [6.07, 6.45) is 3.88. The molecule has 0 aliphatic carbocycles. The maximum atomic E-state index is 12.7. The molecule has 1 aromatic heterocycles. The molecule has 0 atom stereocenters. The second-order valence-corrected chi connectivity index (χ2v) is 5.45. The first-order chi connectivity index (χ1) is 10.7. The molecule has 1 N–H and O–H groups in total. The highest BCUT2D eigenvalue weighted by molar-refractivity contribution is 5.99. The average Bonchev–Trinajstić information content (AvgIpc) is 3.01. The summed E-state index contributed by atoms with van der Waals surface area (Å²) in [5, 5.41) is 7.29. The third-order valence-electron chi connectivity index (χ3n) is 4.05. The van der Waals surface area contributed by atoms with Gasteiger partial charge in [-0.3, -0.25) is 9.48 Å². The van der Waals surface area contributed by atoms with Crippen LogP contribution in [0.1, 0.15) is 10.4 Å². The van der Waals surface area contributed by atoms with Crippen molar-refractivity contribution >= 4 is 17.3 Å². The smallest absolute Gasteiger partial charge is 0.256 e. The van der Waals surface area contributed by atoms with E-state index in [2.05, 4.69) is 15.3 Å². The summed E-state index contributed by atoms with van der Waals surface area (Å²) in [6, 6.07) is 7.64. The molecule has 0 radical (unpaired) electrons. The molecule has 0 bridgehead atoms. The number of amides is 1. The molecule has 1 aromatic carbocycles. The predicted molar refractivity (Wildman–Crippen MR) is 87.3 cm³/mol. The number of rotatable bonds is 3. The standard InChI is InChI=1S/C16H21N5O/c1-17-15-6-4-3-5-14(15)16(22)21-9-7-20(8-10-21)13-11-18-19(2)12-13/h3-6,11-12,17H,7-10H2,1-2H3. The fraction of sp³-hybridized carbons (Fsp3) is 0.375. The monoisotopic (exact) mass is 299 g/mol. The minimum absolute atomic E-state index is 0.0933. The van der Waals surface area contributed by atoms with Gasteiger partial charge in [0, 0.05) is 52.2 Å². The third-order valence-corrected chi connectivity index (χ3v) is 4.05. The summed E-state index contributed by atoms with van der Waals surface area (Å²) >= 11 is 0. The van der Waals surface area contributed by atoms with Crippen molar-refractivity contribution in [1.82, 2.24) is 14.7 Å². The van der Waals surface area contributed by atoms with Crippen LogP contribution >= 0.6 is 0 Å². The Morgan fingerprint density at radius 1 is 1.18 bits per heavy atom. The van der Waals surface area contributed by atoms with Crippen molar-refractivity contribution in [3.8, 4) is 0 Å². The Labute approximate surface area is 130 Å². The van der Waals surface area contributed by atoms with E-state index in [4.69, 9.17) is 0 Å². The van der Waals surface area contributed by atoms with Gasteiger partial charge in [0.05, 0.1) is 17.4 Å². The molecule has 1 saturated heterocycles. The second kappa shape index (κ2) is 6.09. The van der Waals surface area contributed by atoms with E-state index in [0.717, 1.165) is 43.1 Å². The molecule has 0 spiro atoms. The molecule has 6 nitrogen and oxygen atoms in total. The number of aromatic nitrogens is 2. The summed E-state index contributed by atoms with van der Waals surface area (Å²) in [5.74, 6) is 0.0933. The first kappa shape index (κ1) is 14.4. The van der Waals surface area contributed by atoms with Crippen LogP contribution in [0.2, 0.25) is 0 Å². The van der Waals surface area contributed by atoms with Crippen LogP contribution in [0.25, 0.3) is 0 Å². The predicted octanol–water partition coefficient (Wildman–Crippen LogP) is 1.42. The average molecular weight is 299 g/mol. The Hall–Kier alpha value is -2.50. The molecule has 3 rings (SSSR count). The molecular weight excluding hydrogens is 278 g/mol. The van der Waals surface area contributed by atoms with Crippen molar-refractivity contribution in [2.45, 2.75) is 0 Å². The van der Waals surface area contributed by atoms with E-state index in [1.54, 1.807) is 4.68 Å². The van der Waals surface area contributed by atoms with Gasteiger partial charge in [0.1, 0.15) is 0 Å². The molecule has 6 heteroatoms. The molecule has 1 fully saturated rings. The summed E-state index contributed by atoms with van der Waals surface area (Å²) in [7, 11) is 3.75. The number of benzene rings is 1. The van der Waals surface area contributed by atoms with Gasteiger partial charge in [-0.2, -0.15) is 5.10 Å². The SMILES string of the molecule is CNc1ccccc1C(=O)N1CCN(c2cnn(C)c2)CC1. The molecule has 0 unspecified atom stereocenters. The van der Waals surface area contributed by atoms with Crippen LogP contribution in [0.5, 0.6) is 0 Å². The minimum Gasteiger partial charge on any atom is -0.387 e. The molecule has 1 aliphatic heterocycles. The summed E-state index contributed by atoms with van der Waals surface area (Å²) in [6.45, 7) is 3.12. The summed E-state index contributed by atoms with van der Waals surface area (Å²) < 4.78 is 1.80. The number of carbonyl (C=O) groups is 1. The Kier molecular flexibility index (Phi) is 4.00. The van der Waals surface area contributed by atoms with Gasteiger partial charge in [0.2, 0.25) is 0 Å². The zero-order valence-electron chi connectivity index (χ0n) is 13.0. The van der Waals surface area contributed by atoms with E-state index in [-0.39, 0.29) is 5.91 Å². The summed E-state index contributed by atoms with van der Waals surface area (Å²) in [5.41, 5.74) is 2.73. The number of nitrogens with zero attached hydrogens (tertiary/aromatic N) is 4. The van der Waals surface area contributed by atoms with Gasteiger partial charge >= 0.3 is 0 Å². The number of aryl methyl sites for hydroxylation is 1. The summed E-state index contributed by atoms with van der Waals surface area (Å²) in [4.78, 5) is 16.9. The van der Waals surface area contributed by atoms with Gasteiger partial charge in [-0.05, 0) is 12.1 Å². The van der Waals surface area contributed by atoms with Gasteiger partial charge in [0.25, 0.3) is 5.91 Å². The normalized spacial score (nSPS) is 15.0. The minimum atomic E-state index is 0.0933. The fourth-order valence-electron chi connectivity index (χ4n) is 2.80. The van der Waals surface area contributed by atoms with Crippen molar-refractivity contribution in [1.29, 1.82) is 0 Å². The molecule has 1 aliphatic rings. The van der Waals surface area contributed by atoms with Crippen LogP contribution in [0.3, 0.4) is 0 Å². The molecule has 1 amide bonds. The second-order valence-electron chi connectivity index (χ2n) is 5.45. The van der Waals surface area contributed by atoms with Crippen LogP contribution in [0.15, 0.2) is 36.7 Å². The van der Waals surface area contributed by atoms with Crippen LogP contribution < -0.4 is 10.2 Å². The lowest BCUT2D eigenvalue weighted by Crippen LogP contribution is -2.48. The van der Waals surface area contributed by atoms with E-state index in [9.17, 15) is 4.79 Å². The topological polar surface area (TPSA) is 53.4 Å². The van der Waals surface area contributed by atoms with Crippen LogP contribution in [0.4, 0.5) is 11.4 Å². The van der Waals surface area contributed by atoms with Crippen LogP contribution in [-0.4, -0.2) is 53.8 Å². The lowest BCUT2D eigenvalue weighted by Gasteiger charge is -2.35. The number of para-hydroxylation sites is 1. The van der Waals surface area contributed by atoms with Crippen LogP contribution in [-0.2, 0) is 7.05 Å². The van der Waals surface area contributed by atoms with E-state index >= 15 is 0 Å². The molecule has 2 heterocycles. The molecular formula is C16H21N5O. The van der Waals surface area contributed by atoms with Gasteiger partial charge in [0.15, 0.2) is 0 Å². The van der Waals surface area contributed by atoms with Crippen molar-refractivity contribution in [2.75, 3.05) is 43.4 Å². The van der Waals surface area contributed by atoms with Crippen molar-refractivity contribution in [2.24, 2.45) is 7.05 Å². The van der Waals surface area contributed by atoms with E-state index in [0.29, 0.717) is 0 Å². The Morgan fingerprint density at radius 2 is 1.91 bits per heavy atom. The van der Waals surface area contributed by atoms with Crippen molar-refractivity contribution < 1.29 is 4.79 Å². The van der Waals surface area contributed by atoms with Gasteiger partial charge in [-0.1, -0.05) is 12.1 Å². The Bertz CT molecular complexity index is 658. The van der Waals surface area contributed by atoms with Gasteiger partial charge in [-0.15, -0.1) is 0 Å². The number of anilines is 2. The maximum Gasteiger partial charge on any atom is 0.256 e. The zero-order chi connectivity index (χ0) is 15.5. The highest BCUT2D eigenvalue weighted by atomic mass is 16.2. The van der Waals surface area contributed by atoms with Gasteiger partial charge in [-0.25, -0.2) is 0 Å². The first-order valence-electron chi connectivity index (χ1n) is 7.48. The number of hydrogen-bond donors (Lipinski definition) is 1. The highest BCUT2D eigenvalue weighted by Gasteiger charge is 2.24. The van der Waals surface area contributed by atoms with Crippen molar-refractivity contribution in [3.63, 3.8) is 0 Å².